The van der Waals surface area contributed by atoms with Gasteiger partial charge in [-0.25, -0.2) is 14.8 Å². The van der Waals surface area contributed by atoms with Gasteiger partial charge in [0.25, 0.3) is 0 Å². The minimum Gasteiger partial charge on any atom is -0.441 e. The molecule has 4 aromatic rings. The van der Waals surface area contributed by atoms with Crippen LogP contribution in [0.3, 0.4) is 0 Å². The fraction of sp³-hybridized carbons (Fsp3) is 0.0588. The van der Waals surface area contributed by atoms with Crippen LogP contribution in [0.5, 0.6) is 0 Å². The van der Waals surface area contributed by atoms with Crippen molar-refractivity contribution in [1.29, 1.82) is 0 Å². The highest BCUT2D eigenvalue weighted by molar-refractivity contribution is 6.03. The van der Waals surface area contributed by atoms with Crippen molar-refractivity contribution in [2.75, 3.05) is 5.32 Å². The summed E-state index contributed by atoms with van der Waals surface area (Å²) >= 11 is 0. The molecule has 0 saturated carbocycles. The van der Waals surface area contributed by atoms with Gasteiger partial charge in [0.1, 0.15) is 11.0 Å². The Morgan fingerprint density at radius 3 is 2.88 bits per heavy atom. The standard InChI is InChI=1S/C17H13N5O2.ClH/c1-9-21-13-5-4-10(7-14(13)24-9)12-8-20-16(22-17(18)23)15-11(12)3-2-6-19-15;/h2-8H,1H3,(H3,18,20,22,23);1H. The Morgan fingerprint density at radius 1 is 1.24 bits per heavy atom. The first-order valence-electron chi connectivity index (χ1n) is 7.29. The molecular formula is C17H14ClN5O2. The van der Waals surface area contributed by atoms with Crippen LogP contribution in [0.1, 0.15) is 5.89 Å². The quantitative estimate of drug-likeness (QED) is 0.570. The monoisotopic (exact) mass is 355 g/mol. The van der Waals surface area contributed by atoms with Gasteiger partial charge in [-0.3, -0.25) is 10.3 Å². The van der Waals surface area contributed by atoms with Crippen molar-refractivity contribution in [3.63, 3.8) is 0 Å². The number of rotatable bonds is 2. The molecule has 3 heterocycles. The third kappa shape index (κ3) is 2.97. The van der Waals surface area contributed by atoms with Crippen molar-refractivity contribution < 1.29 is 9.21 Å². The molecule has 0 aliphatic rings. The summed E-state index contributed by atoms with van der Waals surface area (Å²) in [6.07, 6.45) is 3.32. The van der Waals surface area contributed by atoms with Crippen LogP contribution in [0.25, 0.3) is 33.1 Å². The molecular weight excluding hydrogens is 342 g/mol. The molecule has 0 spiro atoms. The number of hydrogen-bond donors (Lipinski definition) is 2. The smallest absolute Gasteiger partial charge is 0.317 e. The van der Waals surface area contributed by atoms with E-state index in [1.807, 2.05) is 37.3 Å². The lowest BCUT2D eigenvalue weighted by molar-refractivity contribution is 0.259. The minimum absolute atomic E-state index is 0. The maximum absolute atomic E-state index is 11.1. The Kier molecular flexibility index (Phi) is 4.24. The van der Waals surface area contributed by atoms with Crippen LogP contribution >= 0.6 is 12.4 Å². The van der Waals surface area contributed by atoms with Crippen molar-refractivity contribution in [1.82, 2.24) is 15.0 Å². The van der Waals surface area contributed by atoms with Crippen LogP contribution in [0.15, 0.2) is 47.1 Å². The number of pyridine rings is 2. The summed E-state index contributed by atoms with van der Waals surface area (Å²) in [5.74, 6) is 0.950. The second-order valence-electron chi connectivity index (χ2n) is 5.32. The molecule has 0 atom stereocenters. The molecule has 126 valence electrons. The van der Waals surface area contributed by atoms with Gasteiger partial charge in [-0.15, -0.1) is 12.4 Å². The van der Waals surface area contributed by atoms with E-state index in [0.29, 0.717) is 22.8 Å². The van der Waals surface area contributed by atoms with Gasteiger partial charge in [0, 0.05) is 30.3 Å². The molecule has 0 unspecified atom stereocenters. The molecule has 8 heteroatoms. The average Bonchev–Trinajstić information content (AvgIpc) is 2.94. The van der Waals surface area contributed by atoms with Gasteiger partial charge in [-0.1, -0.05) is 12.1 Å². The Labute approximate surface area is 148 Å². The predicted molar refractivity (Wildman–Crippen MR) is 97.7 cm³/mol. The predicted octanol–water partition coefficient (Wildman–Crippen LogP) is 3.66. The van der Waals surface area contributed by atoms with E-state index in [-0.39, 0.29) is 12.4 Å². The van der Waals surface area contributed by atoms with E-state index in [2.05, 4.69) is 20.3 Å². The summed E-state index contributed by atoms with van der Waals surface area (Å²) in [7, 11) is 0. The maximum atomic E-state index is 11.1. The fourth-order valence-corrected chi connectivity index (χ4v) is 2.72. The number of primary amides is 1. The lowest BCUT2D eigenvalue weighted by Gasteiger charge is -2.09. The SMILES string of the molecule is Cc1nc2ccc(-c3cnc(NC(N)=O)c4ncccc34)cc2o1.Cl. The number of anilines is 1. The number of aromatic nitrogens is 3. The molecule has 25 heavy (non-hydrogen) atoms. The number of carbonyl (C=O) groups excluding carboxylic acids is 1. The third-order valence-electron chi connectivity index (χ3n) is 3.69. The number of nitrogens with two attached hydrogens (primary N) is 1. The number of nitrogens with zero attached hydrogens (tertiary/aromatic N) is 3. The van der Waals surface area contributed by atoms with Crippen LogP contribution in [0, 0.1) is 6.92 Å². The van der Waals surface area contributed by atoms with E-state index in [1.165, 1.54) is 0 Å². The second-order valence-corrected chi connectivity index (χ2v) is 5.32. The summed E-state index contributed by atoms with van der Waals surface area (Å²) in [5.41, 5.74) is 9.08. The van der Waals surface area contributed by atoms with Crippen LogP contribution < -0.4 is 11.1 Å². The highest BCUT2D eigenvalue weighted by Gasteiger charge is 2.12. The van der Waals surface area contributed by atoms with Gasteiger partial charge in [-0.2, -0.15) is 0 Å². The van der Waals surface area contributed by atoms with E-state index in [4.69, 9.17) is 10.2 Å². The molecule has 4 rings (SSSR count). The topological polar surface area (TPSA) is 107 Å². The van der Waals surface area contributed by atoms with E-state index >= 15 is 0 Å². The van der Waals surface area contributed by atoms with Crippen molar-refractivity contribution in [2.45, 2.75) is 6.92 Å². The Morgan fingerprint density at radius 2 is 2.08 bits per heavy atom. The number of aryl methyl sites for hydroxylation is 1. The molecule has 0 aliphatic heterocycles. The van der Waals surface area contributed by atoms with Crippen molar-refractivity contribution in [3.8, 4) is 11.1 Å². The highest BCUT2D eigenvalue weighted by Crippen LogP contribution is 2.32. The summed E-state index contributed by atoms with van der Waals surface area (Å²) < 4.78 is 5.60. The number of amides is 2. The average molecular weight is 356 g/mol. The first-order chi connectivity index (χ1) is 11.6. The van der Waals surface area contributed by atoms with Gasteiger partial charge in [0.05, 0.1) is 0 Å². The van der Waals surface area contributed by atoms with Gasteiger partial charge < -0.3 is 10.2 Å². The first-order valence-corrected chi connectivity index (χ1v) is 7.29. The Hall–Kier alpha value is -3.19. The molecule has 1 aromatic carbocycles. The molecule has 0 bridgehead atoms. The van der Waals surface area contributed by atoms with E-state index < -0.39 is 6.03 Å². The number of fused-ring (bicyclic) bond motifs is 2. The van der Waals surface area contributed by atoms with Gasteiger partial charge in [-0.05, 0) is 23.8 Å². The maximum Gasteiger partial charge on any atom is 0.317 e. The van der Waals surface area contributed by atoms with Gasteiger partial charge >= 0.3 is 6.03 Å². The number of oxazole rings is 1. The zero-order valence-electron chi connectivity index (χ0n) is 13.2. The minimum atomic E-state index is -0.680. The summed E-state index contributed by atoms with van der Waals surface area (Å²) in [6, 6.07) is 8.84. The van der Waals surface area contributed by atoms with E-state index in [9.17, 15) is 4.79 Å². The molecule has 7 nitrogen and oxygen atoms in total. The number of hydrogen-bond acceptors (Lipinski definition) is 5. The van der Waals surface area contributed by atoms with Gasteiger partial charge in [0.2, 0.25) is 0 Å². The largest absolute Gasteiger partial charge is 0.441 e. The van der Waals surface area contributed by atoms with Crippen molar-refractivity contribution in [3.05, 3.63) is 48.6 Å². The van der Waals surface area contributed by atoms with Crippen molar-refractivity contribution >= 4 is 46.3 Å². The number of carbonyl (C=O) groups is 1. The molecule has 0 radical (unpaired) electrons. The highest BCUT2D eigenvalue weighted by atomic mass is 35.5. The van der Waals surface area contributed by atoms with Crippen molar-refractivity contribution in [2.24, 2.45) is 5.73 Å². The summed E-state index contributed by atoms with van der Waals surface area (Å²) in [4.78, 5) is 24.0. The lowest BCUT2D eigenvalue weighted by Crippen LogP contribution is -2.20. The van der Waals surface area contributed by atoms with Crippen LogP contribution in [-0.4, -0.2) is 21.0 Å². The molecule has 3 N–H and O–H groups in total. The zero-order valence-corrected chi connectivity index (χ0v) is 14.0. The Balaban J connectivity index is 0.00000182. The first kappa shape index (κ1) is 16.7. The number of nitrogens with one attached hydrogen (secondary N) is 1. The fourth-order valence-electron chi connectivity index (χ4n) is 2.72. The van der Waals surface area contributed by atoms with E-state index in [0.717, 1.165) is 22.0 Å². The normalized spacial score (nSPS) is 10.6. The van der Waals surface area contributed by atoms with Crippen LogP contribution in [0.4, 0.5) is 10.6 Å². The number of urea groups is 1. The van der Waals surface area contributed by atoms with Crippen LogP contribution in [-0.2, 0) is 0 Å². The zero-order chi connectivity index (χ0) is 16.7. The van der Waals surface area contributed by atoms with Crippen LogP contribution in [0.2, 0.25) is 0 Å². The van der Waals surface area contributed by atoms with E-state index in [1.54, 1.807) is 12.4 Å². The number of halogens is 1. The molecule has 3 aromatic heterocycles. The molecule has 0 fully saturated rings. The summed E-state index contributed by atoms with van der Waals surface area (Å²) in [5, 5.41) is 3.35. The summed E-state index contributed by atoms with van der Waals surface area (Å²) in [6.45, 7) is 1.81. The van der Waals surface area contributed by atoms with Gasteiger partial charge in [0.15, 0.2) is 17.3 Å². The molecule has 0 aliphatic carbocycles. The Bertz CT molecular complexity index is 1090. The molecule has 0 saturated heterocycles. The third-order valence-corrected chi connectivity index (χ3v) is 3.69. The second kappa shape index (κ2) is 6.37. The molecule has 2 amide bonds. The number of benzene rings is 1. The lowest BCUT2D eigenvalue weighted by atomic mass is 10.0.